The molecule has 3 aromatic rings. The zero-order valence-corrected chi connectivity index (χ0v) is 14.1. The number of hydrogen-bond acceptors (Lipinski definition) is 4. The lowest BCUT2D eigenvalue weighted by molar-refractivity contribution is 0.0951. The topological polar surface area (TPSA) is 79.9 Å². The van der Waals surface area contributed by atoms with E-state index in [0.29, 0.717) is 22.5 Å². The third-order valence-electron chi connectivity index (χ3n) is 4.23. The van der Waals surface area contributed by atoms with Gasteiger partial charge in [0.2, 0.25) is 5.88 Å². The molecule has 1 aromatic carbocycles. The number of nitrogens with one attached hydrogen (secondary N) is 2. The molecule has 0 bridgehead atoms. The number of ether oxygens (including phenoxy) is 1. The fourth-order valence-corrected chi connectivity index (χ4v) is 2.64. The minimum absolute atomic E-state index is 0.209. The number of amides is 1. The van der Waals surface area contributed by atoms with Gasteiger partial charge in [0.15, 0.2) is 5.82 Å². The van der Waals surface area contributed by atoms with Crippen molar-refractivity contribution in [3.8, 4) is 5.88 Å². The molecule has 2 N–H and O–H groups in total. The smallest absolute Gasteiger partial charge is 0.251 e. The number of pyridine rings is 1. The Morgan fingerprint density at radius 3 is 2.88 bits per heavy atom. The molecule has 6 nitrogen and oxygen atoms in total. The van der Waals surface area contributed by atoms with Gasteiger partial charge in [-0.3, -0.25) is 9.89 Å². The number of carbonyl (C=O) groups excluding carboxylic acids is 1. The largest absolute Gasteiger partial charge is 0.481 e. The number of fused-ring (bicyclic) bond motifs is 1. The van der Waals surface area contributed by atoms with Gasteiger partial charge in [-0.1, -0.05) is 6.08 Å². The van der Waals surface area contributed by atoms with Crippen molar-refractivity contribution < 1.29 is 13.9 Å². The molecular weight excluding hydrogens is 335 g/mol. The summed E-state index contributed by atoms with van der Waals surface area (Å²) in [7, 11) is 1.56. The molecule has 1 fully saturated rings. The lowest BCUT2D eigenvalue weighted by Gasteiger charge is -2.04. The van der Waals surface area contributed by atoms with Crippen LogP contribution in [0.4, 0.5) is 4.39 Å². The van der Waals surface area contributed by atoms with Gasteiger partial charge in [-0.05, 0) is 42.7 Å². The average molecular weight is 352 g/mol. The summed E-state index contributed by atoms with van der Waals surface area (Å²) in [6, 6.07) is 6.71. The number of halogens is 1. The van der Waals surface area contributed by atoms with Crippen molar-refractivity contribution in [2.45, 2.75) is 18.9 Å². The van der Waals surface area contributed by atoms with E-state index in [4.69, 9.17) is 4.74 Å². The summed E-state index contributed by atoms with van der Waals surface area (Å²) >= 11 is 0. The first-order valence-corrected chi connectivity index (χ1v) is 8.30. The number of aromatic nitrogens is 3. The highest BCUT2D eigenvalue weighted by atomic mass is 19.1. The van der Waals surface area contributed by atoms with E-state index in [-0.39, 0.29) is 17.5 Å². The molecule has 7 heteroatoms. The molecule has 2 heterocycles. The Kier molecular flexibility index (Phi) is 4.12. The van der Waals surface area contributed by atoms with E-state index in [2.05, 4.69) is 20.5 Å². The average Bonchev–Trinajstić information content (AvgIpc) is 3.37. The Hall–Kier alpha value is -3.22. The number of rotatable bonds is 5. The molecule has 0 spiro atoms. The van der Waals surface area contributed by atoms with Crippen molar-refractivity contribution in [3.63, 3.8) is 0 Å². The quantitative estimate of drug-likeness (QED) is 0.739. The Morgan fingerprint density at radius 1 is 1.35 bits per heavy atom. The van der Waals surface area contributed by atoms with Gasteiger partial charge in [0, 0.05) is 29.3 Å². The van der Waals surface area contributed by atoms with Crippen molar-refractivity contribution in [1.82, 2.24) is 20.5 Å². The third-order valence-corrected chi connectivity index (χ3v) is 4.23. The first-order valence-electron chi connectivity index (χ1n) is 8.30. The van der Waals surface area contributed by atoms with E-state index in [1.165, 1.54) is 6.07 Å². The van der Waals surface area contributed by atoms with Gasteiger partial charge in [-0.15, -0.1) is 0 Å². The second-order valence-electron chi connectivity index (χ2n) is 6.21. The van der Waals surface area contributed by atoms with E-state index < -0.39 is 5.82 Å². The Morgan fingerprint density at radius 2 is 2.19 bits per heavy atom. The molecule has 0 saturated heterocycles. The highest BCUT2D eigenvalue weighted by Crippen LogP contribution is 2.24. The molecule has 0 unspecified atom stereocenters. The zero-order valence-electron chi connectivity index (χ0n) is 14.1. The fraction of sp³-hybridized carbons (Fsp3) is 0.211. The van der Waals surface area contributed by atoms with Crippen LogP contribution in [0, 0.1) is 5.82 Å². The maximum Gasteiger partial charge on any atom is 0.251 e. The molecular formula is C19H17FN4O2. The number of carbonyl (C=O) groups is 1. The van der Waals surface area contributed by atoms with Crippen LogP contribution in [0.25, 0.3) is 23.1 Å². The maximum atomic E-state index is 14.3. The van der Waals surface area contributed by atoms with Crippen LogP contribution in [0.1, 0.15) is 34.5 Å². The highest BCUT2D eigenvalue weighted by Gasteiger charge is 2.24. The number of aromatic amines is 1. The van der Waals surface area contributed by atoms with Crippen LogP contribution in [0.3, 0.4) is 0 Å². The number of hydrogen-bond donors (Lipinski definition) is 2. The van der Waals surface area contributed by atoms with Crippen LogP contribution in [0.5, 0.6) is 5.88 Å². The molecule has 0 atom stereocenters. The van der Waals surface area contributed by atoms with Gasteiger partial charge in [0.25, 0.3) is 5.91 Å². The van der Waals surface area contributed by atoms with Gasteiger partial charge in [-0.2, -0.15) is 5.10 Å². The summed E-state index contributed by atoms with van der Waals surface area (Å²) in [4.78, 5) is 16.3. The number of nitrogens with zero attached hydrogens (tertiary/aromatic N) is 2. The standard InChI is InChI=1S/C19H17FN4O2/c1-26-17-7-3-11(10-21-17)2-6-16-14-8-12(19(25)22-13-4-5-13)9-15(20)18(14)24-23-16/h2-3,6-10,13H,4-5H2,1H3,(H,22,25)(H,23,24). The predicted molar refractivity (Wildman–Crippen MR) is 96.3 cm³/mol. The Balaban J connectivity index is 1.64. The van der Waals surface area contributed by atoms with Gasteiger partial charge < -0.3 is 10.1 Å². The minimum atomic E-state index is -0.523. The van der Waals surface area contributed by atoms with Crippen LogP contribution in [0.2, 0.25) is 0 Å². The van der Waals surface area contributed by atoms with Crippen molar-refractivity contribution in [1.29, 1.82) is 0 Å². The molecule has 0 radical (unpaired) electrons. The van der Waals surface area contributed by atoms with Crippen LogP contribution < -0.4 is 10.1 Å². The van der Waals surface area contributed by atoms with E-state index >= 15 is 0 Å². The summed E-state index contributed by atoms with van der Waals surface area (Å²) < 4.78 is 19.3. The van der Waals surface area contributed by atoms with Crippen molar-refractivity contribution >= 4 is 29.0 Å². The van der Waals surface area contributed by atoms with Crippen LogP contribution in [0.15, 0.2) is 30.5 Å². The summed E-state index contributed by atoms with van der Waals surface area (Å²) in [5, 5.41) is 10.3. The van der Waals surface area contributed by atoms with Gasteiger partial charge in [0.1, 0.15) is 5.52 Å². The molecule has 1 aliphatic carbocycles. The first-order chi connectivity index (χ1) is 12.6. The van der Waals surface area contributed by atoms with Gasteiger partial charge >= 0.3 is 0 Å². The lowest BCUT2D eigenvalue weighted by atomic mass is 10.1. The Labute approximate surface area is 149 Å². The molecule has 26 heavy (non-hydrogen) atoms. The van der Waals surface area contributed by atoms with Crippen molar-refractivity contribution in [2.75, 3.05) is 7.11 Å². The lowest BCUT2D eigenvalue weighted by Crippen LogP contribution is -2.25. The summed E-state index contributed by atoms with van der Waals surface area (Å²) in [5.41, 5.74) is 1.98. The molecule has 1 amide bonds. The zero-order chi connectivity index (χ0) is 18.1. The number of methoxy groups -OCH3 is 1. The summed E-state index contributed by atoms with van der Waals surface area (Å²) in [6.45, 7) is 0. The van der Waals surface area contributed by atoms with E-state index in [0.717, 1.165) is 18.4 Å². The monoisotopic (exact) mass is 352 g/mol. The van der Waals surface area contributed by atoms with Crippen molar-refractivity contribution in [3.05, 3.63) is 53.1 Å². The van der Waals surface area contributed by atoms with Crippen LogP contribution in [-0.2, 0) is 0 Å². The number of H-pyrrole nitrogens is 1. The van der Waals surface area contributed by atoms with E-state index in [1.54, 1.807) is 31.5 Å². The fourth-order valence-electron chi connectivity index (χ4n) is 2.64. The molecule has 2 aromatic heterocycles. The number of benzene rings is 1. The van der Waals surface area contributed by atoms with Crippen LogP contribution >= 0.6 is 0 Å². The molecule has 1 aliphatic rings. The third kappa shape index (κ3) is 3.28. The molecule has 0 aliphatic heterocycles. The molecule has 132 valence electrons. The second kappa shape index (κ2) is 6.59. The highest BCUT2D eigenvalue weighted by molar-refractivity contribution is 6.00. The van der Waals surface area contributed by atoms with Gasteiger partial charge in [-0.25, -0.2) is 9.37 Å². The minimum Gasteiger partial charge on any atom is -0.481 e. The Bertz CT molecular complexity index is 991. The summed E-state index contributed by atoms with van der Waals surface area (Å²) in [5.74, 6) is -0.253. The predicted octanol–water partition coefficient (Wildman–Crippen LogP) is 3.17. The summed E-state index contributed by atoms with van der Waals surface area (Å²) in [6.07, 6.45) is 7.23. The SMILES string of the molecule is COc1ccc(C=Cc2[nH]nc3c(F)cc(C(=O)NC4CC4)cc23)cn1. The normalized spacial score (nSPS) is 14.1. The maximum absolute atomic E-state index is 14.3. The van der Waals surface area contributed by atoms with E-state index in [1.807, 2.05) is 12.1 Å². The first kappa shape index (κ1) is 16.3. The molecule has 4 rings (SSSR count). The van der Waals surface area contributed by atoms with Crippen molar-refractivity contribution in [2.24, 2.45) is 0 Å². The second-order valence-corrected chi connectivity index (χ2v) is 6.21. The molecule has 1 saturated carbocycles. The van der Waals surface area contributed by atoms with E-state index in [9.17, 15) is 9.18 Å². The van der Waals surface area contributed by atoms with Crippen LogP contribution in [-0.4, -0.2) is 34.2 Å². The van der Waals surface area contributed by atoms with Gasteiger partial charge in [0.05, 0.1) is 12.8 Å².